The third-order valence-corrected chi connectivity index (χ3v) is 4.07. The van der Waals surface area contributed by atoms with Gasteiger partial charge in [0.05, 0.1) is 4.90 Å². The number of hydrogen-bond acceptors (Lipinski definition) is 3. The van der Waals surface area contributed by atoms with Crippen molar-refractivity contribution in [2.75, 3.05) is 0 Å². The Morgan fingerprint density at radius 3 is 2.26 bits per heavy atom. The Kier molecular flexibility index (Phi) is 3.05. The van der Waals surface area contributed by atoms with E-state index in [0.29, 0.717) is 4.90 Å². The second kappa shape index (κ2) is 4.86. The first-order valence-electron chi connectivity index (χ1n) is 5.92. The summed E-state index contributed by atoms with van der Waals surface area (Å²) in [6.45, 7) is 0. The van der Waals surface area contributed by atoms with E-state index in [2.05, 4.69) is 18.2 Å². The normalized spacial score (nSPS) is 10.7. The van der Waals surface area contributed by atoms with E-state index in [1.807, 2.05) is 24.3 Å². The van der Waals surface area contributed by atoms with Gasteiger partial charge in [0.25, 0.3) is 0 Å². The van der Waals surface area contributed by atoms with E-state index in [0.717, 1.165) is 15.7 Å². The van der Waals surface area contributed by atoms with E-state index in [9.17, 15) is 10.2 Å². The zero-order chi connectivity index (χ0) is 13.2. The molecular weight excluding hydrogens is 256 g/mol. The predicted molar refractivity (Wildman–Crippen MR) is 77.8 cm³/mol. The maximum Gasteiger partial charge on any atom is 0.171 e. The molecule has 0 aliphatic carbocycles. The molecule has 0 aliphatic heterocycles. The molecule has 3 aromatic carbocycles. The summed E-state index contributed by atoms with van der Waals surface area (Å²) in [4.78, 5) is 1.70. The number of hydrogen-bond donors (Lipinski definition) is 2. The molecule has 0 aromatic heterocycles. The molecule has 0 fully saturated rings. The Bertz CT molecular complexity index is 732. The molecule has 0 heterocycles. The van der Waals surface area contributed by atoms with Crippen LogP contribution in [0, 0.1) is 0 Å². The lowest BCUT2D eigenvalue weighted by atomic mass is 10.1. The molecule has 0 atom stereocenters. The molecule has 0 amide bonds. The van der Waals surface area contributed by atoms with Gasteiger partial charge in [0, 0.05) is 4.90 Å². The van der Waals surface area contributed by atoms with Crippen LogP contribution >= 0.6 is 11.8 Å². The number of phenolic OH excluding ortho intramolecular Hbond substituents is 2. The van der Waals surface area contributed by atoms with Crippen molar-refractivity contribution < 1.29 is 10.2 Å². The minimum absolute atomic E-state index is 0.0690. The molecule has 0 saturated carbocycles. The Hall–Kier alpha value is -2.13. The predicted octanol–water partition coefficient (Wildman–Crippen LogP) is 4.40. The van der Waals surface area contributed by atoms with Gasteiger partial charge in [-0.1, -0.05) is 54.2 Å². The van der Waals surface area contributed by atoms with E-state index in [-0.39, 0.29) is 11.5 Å². The van der Waals surface area contributed by atoms with Gasteiger partial charge in [-0.15, -0.1) is 0 Å². The first-order chi connectivity index (χ1) is 9.25. The SMILES string of the molecule is Oc1cccc(Sc2cccc3ccccc23)c1O. The van der Waals surface area contributed by atoms with Gasteiger partial charge in [0.15, 0.2) is 11.5 Å². The van der Waals surface area contributed by atoms with Crippen molar-refractivity contribution in [2.24, 2.45) is 0 Å². The third-order valence-electron chi connectivity index (χ3n) is 2.95. The van der Waals surface area contributed by atoms with Crippen molar-refractivity contribution in [1.82, 2.24) is 0 Å². The molecule has 3 heteroatoms. The van der Waals surface area contributed by atoms with Gasteiger partial charge < -0.3 is 10.2 Å². The van der Waals surface area contributed by atoms with Gasteiger partial charge in [-0.05, 0) is 29.0 Å². The average molecular weight is 268 g/mol. The van der Waals surface area contributed by atoms with Gasteiger partial charge >= 0.3 is 0 Å². The van der Waals surface area contributed by atoms with Gasteiger partial charge in [0.2, 0.25) is 0 Å². The molecule has 0 bridgehead atoms. The summed E-state index contributed by atoms with van der Waals surface area (Å²) in [5.41, 5.74) is 0. The standard InChI is InChI=1S/C16H12O2S/c17-13-8-4-10-15(16(13)18)19-14-9-3-6-11-5-1-2-7-12(11)14/h1-10,17-18H. The van der Waals surface area contributed by atoms with Crippen molar-refractivity contribution in [1.29, 1.82) is 0 Å². The zero-order valence-corrected chi connectivity index (χ0v) is 10.9. The van der Waals surface area contributed by atoms with Crippen LogP contribution in [-0.4, -0.2) is 10.2 Å². The summed E-state index contributed by atoms with van der Waals surface area (Å²) in [5, 5.41) is 21.7. The van der Waals surface area contributed by atoms with Crippen molar-refractivity contribution in [3.63, 3.8) is 0 Å². The van der Waals surface area contributed by atoms with Crippen molar-refractivity contribution >= 4 is 22.5 Å². The molecule has 3 rings (SSSR count). The molecule has 2 N–H and O–H groups in total. The molecule has 2 nitrogen and oxygen atoms in total. The summed E-state index contributed by atoms with van der Waals surface area (Å²) in [7, 11) is 0. The minimum atomic E-state index is -0.0924. The van der Waals surface area contributed by atoms with E-state index >= 15 is 0 Å². The van der Waals surface area contributed by atoms with Crippen LogP contribution in [0.15, 0.2) is 70.5 Å². The number of fused-ring (bicyclic) bond motifs is 1. The smallest absolute Gasteiger partial charge is 0.171 e. The highest BCUT2D eigenvalue weighted by molar-refractivity contribution is 7.99. The highest BCUT2D eigenvalue weighted by Gasteiger charge is 2.09. The lowest BCUT2D eigenvalue weighted by Crippen LogP contribution is -1.79. The molecule has 3 aromatic rings. The first-order valence-corrected chi connectivity index (χ1v) is 6.74. The van der Waals surface area contributed by atoms with Crippen molar-refractivity contribution in [3.05, 3.63) is 60.7 Å². The van der Waals surface area contributed by atoms with Crippen LogP contribution < -0.4 is 0 Å². The van der Waals surface area contributed by atoms with Crippen LogP contribution in [0.25, 0.3) is 10.8 Å². The average Bonchev–Trinajstić information content (AvgIpc) is 2.44. The summed E-state index contributed by atoms with van der Waals surface area (Å²) >= 11 is 1.45. The van der Waals surface area contributed by atoms with Gasteiger partial charge in [-0.25, -0.2) is 0 Å². The number of benzene rings is 3. The van der Waals surface area contributed by atoms with Crippen LogP contribution in [0.1, 0.15) is 0 Å². The van der Waals surface area contributed by atoms with Crippen LogP contribution in [0.2, 0.25) is 0 Å². The number of aromatic hydroxyl groups is 2. The number of para-hydroxylation sites is 1. The monoisotopic (exact) mass is 268 g/mol. The van der Waals surface area contributed by atoms with Gasteiger partial charge in [-0.3, -0.25) is 0 Å². The topological polar surface area (TPSA) is 40.5 Å². The maximum atomic E-state index is 9.86. The zero-order valence-electron chi connectivity index (χ0n) is 10.1. The first kappa shape index (κ1) is 11.9. The highest BCUT2D eigenvalue weighted by Crippen LogP contribution is 2.41. The van der Waals surface area contributed by atoms with Crippen LogP contribution in [0.5, 0.6) is 11.5 Å². The third kappa shape index (κ3) is 2.25. The van der Waals surface area contributed by atoms with Crippen LogP contribution in [0.4, 0.5) is 0 Å². The number of phenols is 2. The molecule has 19 heavy (non-hydrogen) atoms. The lowest BCUT2D eigenvalue weighted by molar-refractivity contribution is 0.395. The van der Waals surface area contributed by atoms with Crippen LogP contribution in [-0.2, 0) is 0 Å². The molecular formula is C16H12O2S. The van der Waals surface area contributed by atoms with Crippen molar-refractivity contribution in [3.8, 4) is 11.5 Å². The number of rotatable bonds is 2. The molecule has 94 valence electrons. The Labute approximate surface area is 115 Å². The molecule has 0 saturated heterocycles. The summed E-state index contributed by atoms with van der Waals surface area (Å²) in [5.74, 6) is -0.161. The largest absolute Gasteiger partial charge is 0.504 e. The van der Waals surface area contributed by atoms with Gasteiger partial charge in [-0.2, -0.15) is 0 Å². The lowest BCUT2D eigenvalue weighted by Gasteiger charge is -2.08. The Morgan fingerprint density at radius 1 is 0.684 bits per heavy atom. The highest BCUT2D eigenvalue weighted by atomic mass is 32.2. The second-order valence-corrected chi connectivity index (χ2v) is 5.29. The second-order valence-electron chi connectivity index (χ2n) is 4.20. The fraction of sp³-hybridized carbons (Fsp3) is 0. The molecule has 0 spiro atoms. The van der Waals surface area contributed by atoms with E-state index in [4.69, 9.17) is 0 Å². The summed E-state index contributed by atoms with van der Waals surface area (Å²) in [6, 6.07) is 19.2. The quantitative estimate of drug-likeness (QED) is 0.677. The molecule has 0 radical (unpaired) electrons. The fourth-order valence-corrected chi connectivity index (χ4v) is 3.02. The Morgan fingerprint density at radius 2 is 1.37 bits per heavy atom. The summed E-state index contributed by atoms with van der Waals surface area (Å²) < 4.78 is 0. The maximum absolute atomic E-state index is 9.86. The van der Waals surface area contributed by atoms with Gasteiger partial charge in [0.1, 0.15) is 0 Å². The summed E-state index contributed by atoms with van der Waals surface area (Å²) in [6.07, 6.45) is 0. The van der Waals surface area contributed by atoms with E-state index in [1.54, 1.807) is 12.1 Å². The minimum Gasteiger partial charge on any atom is -0.504 e. The van der Waals surface area contributed by atoms with Crippen LogP contribution in [0.3, 0.4) is 0 Å². The van der Waals surface area contributed by atoms with E-state index < -0.39 is 0 Å². The molecule has 0 unspecified atom stereocenters. The Balaban J connectivity index is 2.09. The fourth-order valence-electron chi connectivity index (χ4n) is 2.00. The van der Waals surface area contributed by atoms with Crippen molar-refractivity contribution in [2.45, 2.75) is 9.79 Å². The van der Waals surface area contributed by atoms with E-state index in [1.165, 1.54) is 17.8 Å². The molecule has 0 aliphatic rings.